The molecule has 29 heavy (non-hydrogen) atoms. The summed E-state index contributed by atoms with van der Waals surface area (Å²) in [4.78, 5) is 27.0. The zero-order valence-corrected chi connectivity index (χ0v) is 17.5. The van der Waals surface area contributed by atoms with Crippen molar-refractivity contribution in [2.75, 3.05) is 25.5 Å². The van der Waals surface area contributed by atoms with Crippen LogP contribution in [0, 0.1) is 5.41 Å². The van der Waals surface area contributed by atoms with Gasteiger partial charge in [-0.05, 0) is 42.7 Å². The van der Waals surface area contributed by atoms with E-state index in [4.69, 9.17) is 16.3 Å². The van der Waals surface area contributed by atoms with Crippen LogP contribution in [0.5, 0.6) is 5.75 Å². The van der Waals surface area contributed by atoms with Crippen LogP contribution in [0.4, 0.5) is 10.5 Å². The van der Waals surface area contributed by atoms with Crippen molar-refractivity contribution in [3.05, 3.63) is 59.1 Å². The van der Waals surface area contributed by atoms with Crippen molar-refractivity contribution in [2.45, 2.75) is 26.3 Å². The van der Waals surface area contributed by atoms with E-state index in [-0.39, 0.29) is 11.9 Å². The van der Waals surface area contributed by atoms with Gasteiger partial charge in [-0.2, -0.15) is 0 Å². The van der Waals surface area contributed by atoms with Crippen LogP contribution in [0.15, 0.2) is 48.5 Å². The molecule has 3 amide bonds. The van der Waals surface area contributed by atoms with Gasteiger partial charge >= 0.3 is 6.03 Å². The monoisotopic (exact) mass is 415 g/mol. The average Bonchev–Trinajstić information content (AvgIpc) is 2.74. The lowest BCUT2D eigenvalue weighted by Gasteiger charge is -2.38. The maximum Gasteiger partial charge on any atom is 0.321 e. The molecule has 0 bridgehead atoms. The van der Waals surface area contributed by atoms with Crippen molar-refractivity contribution in [2.24, 2.45) is 5.41 Å². The quantitative estimate of drug-likeness (QED) is 0.764. The Morgan fingerprint density at radius 1 is 1.14 bits per heavy atom. The predicted molar refractivity (Wildman–Crippen MR) is 114 cm³/mol. The predicted octanol–water partition coefficient (Wildman–Crippen LogP) is 4.30. The molecule has 0 spiro atoms. The summed E-state index contributed by atoms with van der Waals surface area (Å²) in [6.45, 7) is 3.43. The molecule has 1 aliphatic rings. The minimum Gasteiger partial charge on any atom is -0.497 e. The first-order valence-corrected chi connectivity index (χ1v) is 10.0. The number of nitrogens with one attached hydrogen (secondary N) is 2. The van der Waals surface area contributed by atoms with Crippen molar-refractivity contribution in [1.29, 1.82) is 0 Å². The number of nitrogens with zero attached hydrogens (tertiary/aromatic N) is 1. The van der Waals surface area contributed by atoms with Crippen LogP contribution in [-0.4, -0.2) is 37.0 Å². The molecule has 154 valence electrons. The van der Waals surface area contributed by atoms with Gasteiger partial charge in [0, 0.05) is 25.0 Å². The van der Waals surface area contributed by atoms with E-state index in [0.29, 0.717) is 43.2 Å². The zero-order valence-electron chi connectivity index (χ0n) is 16.7. The molecular formula is C22H26ClN3O3. The van der Waals surface area contributed by atoms with Gasteiger partial charge in [-0.15, -0.1) is 0 Å². The number of methoxy groups -OCH3 is 1. The number of benzene rings is 2. The Morgan fingerprint density at radius 3 is 2.55 bits per heavy atom. The molecular weight excluding hydrogens is 390 g/mol. The number of hydrogen-bond acceptors (Lipinski definition) is 3. The molecule has 7 heteroatoms. The number of carbonyl (C=O) groups excluding carboxylic acids is 2. The van der Waals surface area contributed by atoms with E-state index in [1.54, 1.807) is 24.1 Å². The molecule has 1 saturated heterocycles. The molecule has 2 N–H and O–H groups in total. The average molecular weight is 416 g/mol. The van der Waals surface area contributed by atoms with Crippen LogP contribution in [0.2, 0.25) is 5.02 Å². The first-order valence-electron chi connectivity index (χ1n) is 9.63. The van der Waals surface area contributed by atoms with Gasteiger partial charge in [0.05, 0.1) is 17.8 Å². The third-order valence-electron chi connectivity index (χ3n) is 5.41. The SMILES string of the molecule is COc1cccc(CNC(=O)C2(C)CCN(C(=O)Nc3ccccc3Cl)CC2)c1. The van der Waals surface area contributed by atoms with Gasteiger partial charge in [-0.3, -0.25) is 4.79 Å². The molecule has 1 aliphatic heterocycles. The number of para-hydroxylation sites is 1. The summed E-state index contributed by atoms with van der Waals surface area (Å²) in [6.07, 6.45) is 1.21. The van der Waals surface area contributed by atoms with E-state index in [0.717, 1.165) is 11.3 Å². The third kappa shape index (κ3) is 5.21. The molecule has 0 aromatic heterocycles. The summed E-state index contributed by atoms with van der Waals surface area (Å²) >= 11 is 6.10. The van der Waals surface area contributed by atoms with Crippen molar-refractivity contribution in [1.82, 2.24) is 10.2 Å². The van der Waals surface area contributed by atoms with Gasteiger partial charge in [-0.25, -0.2) is 4.79 Å². The largest absolute Gasteiger partial charge is 0.497 e. The minimum atomic E-state index is -0.500. The number of piperidine rings is 1. The molecule has 3 rings (SSSR count). The Kier molecular flexibility index (Phi) is 6.64. The number of rotatable bonds is 5. The van der Waals surface area contributed by atoms with E-state index in [9.17, 15) is 9.59 Å². The molecule has 1 heterocycles. The first kappa shape index (κ1) is 21.0. The topological polar surface area (TPSA) is 70.7 Å². The summed E-state index contributed by atoms with van der Waals surface area (Å²) in [6, 6.07) is 14.6. The summed E-state index contributed by atoms with van der Waals surface area (Å²) in [7, 11) is 1.62. The fourth-order valence-corrected chi connectivity index (χ4v) is 3.55. The van der Waals surface area contributed by atoms with E-state index in [1.807, 2.05) is 43.3 Å². The lowest BCUT2D eigenvalue weighted by atomic mass is 9.79. The molecule has 2 aromatic rings. The maximum atomic E-state index is 12.8. The fourth-order valence-electron chi connectivity index (χ4n) is 3.37. The second-order valence-electron chi connectivity index (χ2n) is 7.49. The standard InChI is InChI=1S/C22H26ClN3O3/c1-22(20(27)24-15-16-6-5-7-17(14-16)29-2)10-12-26(13-11-22)21(28)25-19-9-4-3-8-18(19)23/h3-9,14H,10-13,15H2,1-2H3,(H,24,27)(H,25,28). The van der Waals surface area contributed by atoms with Crippen molar-refractivity contribution < 1.29 is 14.3 Å². The van der Waals surface area contributed by atoms with Gasteiger partial charge in [0.15, 0.2) is 0 Å². The molecule has 0 aliphatic carbocycles. The van der Waals surface area contributed by atoms with Crippen LogP contribution in [0.1, 0.15) is 25.3 Å². The molecule has 2 aromatic carbocycles. The number of halogens is 1. The minimum absolute atomic E-state index is 0.00600. The fraction of sp³-hybridized carbons (Fsp3) is 0.364. The third-order valence-corrected chi connectivity index (χ3v) is 5.73. The highest BCUT2D eigenvalue weighted by atomic mass is 35.5. The van der Waals surface area contributed by atoms with Crippen LogP contribution >= 0.6 is 11.6 Å². The van der Waals surface area contributed by atoms with Crippen molar-refractivity contribution in [3.63, 3.8) is 0 Å². The van der Waals surface area contributed by atoms with Gasteiger partial charge in [0.1, 0.15) is 5.75 Å². The van der Waals surface area contributed by atoms with Crippen LogP contribution in [-0.2, 0) is 11.3 Å². The summed E-state index contributed by atoms with van der Waals surface area (Å²) in [5, 5.41) is 6.36. The molecule has 6 nitrogen and oxygen atoms in total. The summed E-state index contributed by atoms with van der Waals surface area (Å²) in [5.74, 6) is 0.771. The van der Waals surface area contributed by atoms with Gasteiger partial charge in [0.2, 0.25) is 5.91 Å². The number of ether oxygens (including phenoxy) is 1. The molecule has 0 atom stereocenters. The second kappa shape index (κ2) is 9.18. The maximum absolute atomic E-state index is 12.8. The Morgan fingerprint density at radius 2 is 1.86 bits per heavy atom. The highest BCUT2D eigenvalue weighted by Crippen LogP contribution is 2.32. The normalized spacial score (nSPS) is 15.5. The van der Waals surface area contributed by atoms with Gasteiger partial charge < -0.3 is 20.3 Å². The van der Waals surface area contributed by atoms with E-state index < -0.39 is 5.41 Å². The van der Waals surface area contributed by atoms with Gasteiger partial charge in [0.25, 0.3) is 0 Å². The summed E-state index contributed by atoms with van der Waals surface area (Å²) in [5.41, 5.74) is 1.07. The highest BCUT2D eigenvalue weighted by molar-refractivity contribution is 6.33. The zero-order chi connectivity index (χ0) is 20.9. The van der Waals surface area contributed by atoms with Crippen LogP contribution in [0.25, 0.3) is 0 Å². The Hall–Kier alpha value is -2.73. The van der Waals surface area contributed by atoms with Crippen LogP contribution < -0.4 is 15.4 Å². The first-order chi connectivity index (χ1) is 13.9. The number of urea groups is 1. The number of amides is 3. The van der Waals surface area contributed by atoms with Gasteiger partial charge in [-0.1, -0.05) is 42.8 Å². The molecule has 0 saturated carbocycles. The number of carbonyl (C=O) groups is 2. The number of anilines is 1. The second-order valence-corrected chi connectivity index (χ2v) is 7.90. The van der Waals surface area contributed by atoms with E-state index in [1.165, 1.54) is 0 Å². The van der Waals surface area contributed by atoms with Crippen molar-refractivity contribution >= 4 is 29.2 Å². The summed E-state index contributed by atoms with van der Waals surface area (Å²) < 4.78 is 5.22. The highest BCUT2D eigenvalue weighted by Gasteiger charge is 2.38. The van der Waals surface area contributed by atoms with Crippen LogP contribution in [0.3, 0.4) is 0 Å². The van der Waals surface area contributed by atoms with E-state index >= 15 is 0 Å². The molecule has 0 unspecified atom stereocenters. The Bertz CT molecular complexity index is 879. The lowest BCUT2D eigenvalue weighted by Crippen LogP contribution is -2.49. The number of likely N-dealkylation sites (tertiary alicyclic amines) is 1. The lowest BCUT2D eigenvalue weighted by molar-refractivity contribution is -0.132. The molecule has 1 fully saturated rings. The Labute approximate surface area is 176 Å². The number of hydrogen-bond donors (Lipinski definition) is 2. The van der Waals surface area contributed by atoms with E-state index in [2.05, 4.69) is 10.6 Å². The Balaban J connectivity index is 1.52. The smallest absolute Gasteiger partial charge is 0.321 e. The van der Waals surface area contributed by atoms with Crippen molar-refractivity contribution in [3.8, 4) is 5.75 Å². The molecule has 0 radical (unpaired) electrons.